The average Bonchev–Trinajstić information content (AvgIpc) is 3.11. The highest BCUT2D eigenvalue weighted by atomic mass is 79.9. The number of halogens is 1. The Morgan fingerprint density at radius 2 is 2.10 bits per heavy atom. The molecule has 20 heavy (non-hydrogen) atoms. The van der Waals surface area contributed by atoms with Crippen LogP contribution in [0.15, 0.2) is 44.9 Å². The first kappa shape index (κ1) is 13.4. The summed E-state index contributed by atoms with van der Waals surface area (Å²) in [5.74, 6) is 1.09. The summed E-state index contributed by atoms with van der Waals surface area (Å²) < 4.78 is 6.58. The van der Waals surface area contributed by atoms with Crippen LogP contribution in [-0.2, 0) is 13.1 Å². The third-order valence-corrected chi connectivity index (χ3v) is 4.10. The van der Waals surface area contributed by atoms with E-state index in [9.17, 15) is 0 Å². The van der Waals surface area contributed by atoms with Crippen molar-refractivity contribution in [1.82, 2.24) is 20.5 Å². The van der Waals surface area contributed by atoms with Crippen molar-refractivity contribution in [2.75, 3.05) is 0 Å². The second-order valence-electron chi connectivity index (χ2n) is 4.05. The Kier molecular flexibility index (Phi) is 4.19. The summed E-state index contributed by atoms with van der Waals surface area (Å²) in [6.07, 6.45) is 1.85. The molecule has 0 saturated heterocycles. The van der Waals surface area contributed by atoms with Gasteiger partial charge in [-0.05, 0) is 28.1 Å². The summed E-state index contributed by atoms with van der Waals surface area (Å²) in [5, 5.41) is 11.4. The molecule has 0 amide bonds. The van der Waals surface area contributed by atoms with E-state index in [4.69, 9.17) is 4.42 Å². The van der Waals surface area contributed by atoms with E-state index in [0.29, 0.717) is 18.3 Å². The molecular weight excluding hydrogens is 340 g/mol. The van der Waals surface area contributed by atoms with E-state index in [2.05, 4.69) is 36.4 Å². The maximum atomic E-state index is 5.64. The van der Waals surface area contributed by atoms with Crippen LogP contribution in [0, 0.1) is 0 Å². The number of nitrogens with one attached hydrogen (secondary N) is 1. The van der Waals surface area contributed by atoms with E-state index in [1.165, 1.54) is 4.88 Å². The Balaban J connectivity index is 1.64. The lowest BCUT2D eigenvalue weighted by Crippen LogP contribution is -2.11. The summed E-state index contributed by atoms with van der Waals surface area (Å²) in [4.78, 5) is 5.20. The SMILES string of the molecule is Brc1ccccc1-c1nnc(CNCc2cncs2)o1. The lowest BCUT2D eigenvalue weighted by atomic mass is 10.2. The van der Waals surface area contributed by atoms with Crippen LogP contribution in [0.5, 0.6) is 0 Å². The van der Waals surface area contributed by atoms with E-state index in [1.807, 2.05) is 36.0 Å². The fourth-order valence-corrected chi connectivity index (χ4v) is 2.71. The number of thiazole rings is 1. The maximum absolute atomic E-state index is 5.64. The molecule has 0 aliphatic rings. The van der Waals surface area contributed by atoms with Crippen LogP contribution in [-0.4, -0.2) is 15.2 Å². The molecule has 3 aromatic rings. The Morgan fingerprint density at radius 3 is 2.90 bits per heavy atom. The van der Waals surface area contributed by atoms with Crippen molar-refractivity contribution in [1.29, 1.82) is 0 Å². The van der Waals surface area contributed by atoms with Crippen LogP contribution >= 0.6 is 27.3 Å². The smallest absolute Gasteiger partial charge is 0.248 e. The molecule has 7 heteroatoms. The fraction of sp³-hybridized carbons (Fsp3) is 0.154. The van der Waals surface area contributed by atoms with Crippen LogP contribution in [0.1, 0.15) is 10.8 Å². The summed E-state index contributed by atoms with van der Waals surface area (Å²) in [6, 6.07) is 7.76. The van der Waals surface area contributed by atoms with E-state index in [0.717, 1.165) is 16.6 Å². The minimum atomic E-state index is 0.520. The first-order valence-corrected chi connectivity index (χ1v) is 7.65. The molecular formula is C13H11BrN4OS. The fourth-order valence-electron chi connectivity index (χ4n) is 1.69. The summed E-state index contributed by atoms with van der Waals surface area (Å²) in [6.45, 7) is 1.28. The predicted molar refractivity (Wildman–Crippen MR) is 80.1 cm³/mol. The molecule has 1 N–H and O–H groups in total. The van der Waals surface area contributed by atoms with Crippen molar-refractivity contribution in [2.24, 2.45) is 0 Å². The highest BCUT2D eigenvalue weighted by Crippen LogP contribution is 2.26. The van der Waals surface area contributed by atoms with Gasteiger partial charge in [-0.25, -0.2) is 0 Å². The predicted octanol–water partition coefficient (Wildman–Crippen LogP) is 3.25. The molecule has 0 saturated carbocycles. The van der Waals surface area contributed by atoms with Crippen molar-refractivity contribution in [3.8, 4) is 11.5 Å². The lowest BCUT2D eigenvalue weighted by molar-refractivity contribution is 0.478. The zero-order valence-corrected chi connectivity index (χ0v) is 12.8. The van der Waals surface area contributed by atoms with Crippen molar-refractivity contribution in [3.05, 3.63) is 51.2 Å². The molecule has 0 unspecified atom stereocenters. The molecule has 0 fully saturated rings. The van der Waals surface area contributed by atoms with Gasteiger partial charge >= 0.3 is 0 Å². The average molecular weight is 351 g/mol. The number of rotatable bonds is 5. The van der Waals surface area contributed by atoms with Crippen LogP contribution in [0.4, 0.5) is 0 Å². The third-order valence-electron chi connectivity index (χ3n) is 2.63. The van der Waals surface area contributed by atoms with E-state index in [1.54, 1.807) is 11.3 Å². The van der Waals surface area contributed by atoms with Gasteiger partial charge in [0.25, 0.3) is 0 Å². The zero-order valence-electron chi connectivity index (χ0n) is 10.4. The Labute approximate surface area is 128 Å². The van der Waals surface area contributed by atoms with Gasteiger partial charge in [-0.1, -0.05) is 12.1 Å². The molecule has 0 atom stereocenters. The standard InChI is InChI=1S/C13H11BrN4OS/c14-11-4-2-1-3-10(11)13-18-17-12(19-13)7-15-5-9-6-16-8-20-9/h1-4,6,8,15H,5,7H2. The molecule has 2 heterocycles. The van der Waals surface area contributed by atoms with Gasteiger partial charge in [0.15, 0.2) is 0 Å². The molecule has 0 aliphatic heterocycles. The molecule has 0 radical (unpaired) electrons. The van der Waals surface area contributed by atoms with Crippen molar-refractivity contribution in [2.45, 2.75) is 13.1 Å². The van der Waals surface area contributed by atoms with Crippen LogP contribution in [0.3, 0.4) is 0 Å². The Morgan fingerprint density at radius 1 is 1.20 bits per heavy atom. The quantitative estimate of drug-likeness (QED) is 0.765. The topological polar surface area (TPSA) is 63.8 Å². The van der Waals surface area contributed by atoms with Crippen molar-refractivity contribution in [3.63, 3.8) is 0 Å². The van der Waals surface area contributed by atoms with E-state index >= 15 is 0 Å². The highest BCUT2D eigenvalue weighted by molar-refractivity contribution is 9.10. The highest BCUT2D eigenvalue weighted by Gasteiger charge is 2.10. The minimum Gasteiger partial charge on any atom is -0.419 e. The minimum absolute atomic E-state index is 0.520. The molecule has 2 aromatic heterocycles. The van der Waals surface area contributed by atoms with E-state index < -0.39 is 0 Å². The Hall–Kier alpha value is -1.57. The molecule has 5 nitrogen and oxygen atoms in total. The second-order valence-corrected chi connectivity index (χ2v) is 5.88. The van der Waals surface area contributed by atoms with Gasteiger partial charge in [0, 0.05) is 22.1 Å². The molecule has 0 bridgehead atoms. The van der Waals surface area contributed by atoms with E-state index in [-0.39, 0.29) is 0 Å². The molecule has 0 spiro atoms. The molecule has 1 aromatic carbocycles. The number of hydrogen-bond acceptors (Lipinski definition) is 6. The first-order valence-electron chi connectivity index (χ1n) is 5.98. The molecule has 102 valence electrons. The number of aromatic nitrogens is 3. The maximum Gasteiger partial charge on any atom is 0.248 e. The normalized spacial score (nSPS) is 10.8. The van der Waals surface area contributed by atoms with Crippen molar-refractivity contribution >= 4 is 27.3 Å². The molecule has 3 rings (SSSR count). The second kappa shape index (κ2) is 6.25. The zero-order chi connectivity index (χ0) is 13.8. The van der Waals surface area contributed by atoms with Gasteiger partial charge in [-0.3, -0.25) is 4.98 Å². The number of benzene rings is 1. The number of nitrogens with zero attached hydrogens (tertiary/aromatic N) is 3. The monoisotopic (exact) mass is 350 g/mol. The summed E-state index contributed by atoms with van der Waals surface area (Å²) in [7, 11) is 0. The first-order chi connectivity index (χ1) is 9.83. The summed E-state index contributed by atoms with van der Waals surface area (Å²) in [5.41, 5.74) is 2.71. The summed E-state index contributed by atoms with van der Waals surface area (Å²) >= 11 is 5.09. The third kappa shape index (κ3) is 3.12. The number of hydrogen-bond donors (Lipinski definition) is 1. The Bertz CT molecular complexity index is 683. The van der Waals surface area contributed by atoms with Gasteiger partial charge in [-0.2, -0.15) is 0 Å². The largest absolute Gasteiger partial charge is 0.419 e. The van der Waals surface area contributed by atoms with Crippen LogP contribution in [0.2, 0.25) is 0 Å². The van der Waals surface area contributed by atoms with Gasteiger partial charge in [0.2, 0.25) is 11.8 Å². The van der Waals surface area contributed by atoms with Crippen LogP contribution < -0.4 is 5.32 Å². The van der Waals surface area contributed by atoms with Gasteiger partial charge in [0.05, 0.1) is 17.6 Å². The molecule has 0 aliphatic carbocycles. The van der Waals surface area contributed by atoms with Gasteiger partial charge < -0.3 is 9.73 Å². The van der Waals surface area contributed by atoms with Gasteiger partial charge in [-0.15, -0.1) is 21.5 Å². The van der Waals surface area contributed by atoms with Gasteiger partial charge in [0.1, 0.15) is 0 Å². The van der Waals surface area contributed by atoms with Crippen molar-refractivity contribution < 1.29 is 4.42 Å². The van der Waals surface area contributed by atoms with Crippen LogP contribution in [0.25, 0.3) is 11.5 Å². The lowest BCUT2D eigenvalue weighted by Gasteiger charge is -1.99.